The van der Waals surface area contributed by atoms with E-state index in [1.165, 1.54) is 11.0 Å². The molecule has 1 aromatic carbocycles. The van der Waals surface area contributed by atoms with Gasteiger partial charge in [0.25, 0.3) is 0 Å². The first-order valence-electron chi connectivity index (χ1n) is 9.53. The maximum atomic E-state index is 12.5. The van der Waals surface area contributed by atoms with Crippen molar-refractivity contribution >= 4 is 11.8 Å². The van der Waals surface area contributed by atoms with E-state index in [2.05, 4.69) is 26.2 Å². The van der Waals surface area contributed by atoms with E-state index < -0.39 is 6.10 Å². The molecule has 9 heteroatoms. The van der Waals surface area contributed by atoms with Gasteiger partial charge in [0.1, 0.15) is 6.33 Å². The third-order valence-corrected chi connectivity index (χ3v) is 5.21. The number of aryl methyl sites for hydroxylation is 2. The molecule has 150 valence electrons. The lowest BCUT2D eigenvalue weighted by molar-refractivity contribution is -0.128. The molecule has 3 N–H and O–H groups in total. The van der Waals surface area contributed by atoms with E-state index in [0.717, 1.165) is 11.1 Å². The van der Waals surface area contributed by atoms with Gasteiger partial charge in [0, 0.05) is 18.9 Å². The smallest absolute Gasteiger partial charge is 0.223 e. The minimum Gasteiger partial charge on any atom is -0.391 e. The Labute approximate surface area is 163 Å². The third kappa shape index (κ3) is 5.35. The molecule has 9 nitrogen and oxygen atoms in total. The number of carbonyl (C=O) groups excluding carboxylic acids is 2. The van der Waals surface area contributed by atoms with Crippen LogP contribution in [0.4, 0.5) is 0 Å². The monoisotopic (exact) mass is 386 g/mol. The van der Waals surface area contributed by atoms with Crippen LogP contribution in [0.5, 0.6) is 0 Å². The summed E-state index contributed by atoms with van der Waals surface area (Å²) < 4.78 is 1.48. The summed E-state index contributed by atoms with van der Waals surface area (Å²) in [7, 11) is 0. The van der Waals surface area contributed by atoms with E-state index >= 15 is 0 Å². The summed E-state index contributed by atoms with van der Waals surface area (Å²) >= 11 is 0. The normalized spacial score (nSPS) is 21.9. The van der Waals surface area contributed by atoms with Crippen molar-refractivity contribution in [1.29, 1.82) is 0 Å². The number of benzene rings is 1. The van der Waals surface area contributed by atoms with E-state index in [1.54, 1.807) is 0 Å². The fourth-order valence-electron chi connectivity index (χ4n) is 3.47. The molecule has 1 heterocycles. The highest BCUT2D eigenvalue weighted by atomic mass is 16.3. The van der Waals surface area contributed by atoms with Crippen molar-refractivity contribution in [2.45, 2.75) is 57.8 Å². The molecule has 2 amide bonds. The molecule has 1 fully saturated rings. The van der Waals surface area contributed by atoms with Crippen molar-refractivity contribution in [2.75, 3.05) is 0 Å². The standard InChI is InChI=1S/C19H26N6O3/c1-13-4-2-3-5-15(13)11-20-19(28)14-6-7-16(17(26)10-14)22-18(27)8-9-25-12-21-23-24-25/h2-5,12,14,16-17,26H,6-11H2,1H3,(H,20,28)(H,22,27)/t14-,16-,17-/m0/s1. The van der Waals surface area contributed by atoms with Gasteiger partial charge in [0.05, 0.1) is 18.7 Å². The van der Waals surface area contributed by atoms with Crippen molar-refractivity contribution < 1.29 is 14.7 Å². The number of aliphatic hydroxyl groups excluding tert-OH is 1. The second-order valence-electron chi connectivity index (χ2n) is 7.22. The van der Waals surface area contributed by atoms with E-state index in [-0.39, 0.29) is 30.2 Å². The third-order valence-electron chi connectivity index (χ3n) is 5.21. The minimum atomic E-state index is -0.736. The summed E-state index contributed by atoms with van der Waals surface area (Å²) in [4.78, 5) is 24.5. The van der Waals surface area contributed by atoms with Crippen LogP contribution in [0.1, 0.15) is 36.8 Å². The van der Waals surface area contributed by atoms with Gasteiger partial charge in [-0.25, -0.2) is 4.68 Å². The zero-order valence-electron chi connectivity index (χ0n) is 15.9. The van der Waals surface area contributed by atoms with Crippen molar-refractivity contribution in [3.05, 3.63) is 41.7 Å². The summed E-state index contributed by atoms with van der Waals surface area (Å²) in [6, 6.07) is 7.59. The molecule has 3 atom stereocenters. The van der Waals surface area contributed by atoms with Crippen LogP contribution >= 0.6 is 0 Å². The van der Waals surface area contributed by atoms with Gasteiger partial charge in [-0.3, -0.25) is 9.59 Å². The fraction of sp³-hybridized carbons (Fsp3) is 0.526. The number of hydrogen-bond donors (Lipinski definition) is 3. The van der Waals surface area contributed by atoms with Crippen LogP contribution in [-0.4, -0.2) is 49.3 Å². The summed E-state index contributed by atoms with van der Waals surface area (Å²) in [6.07, 6.45) is 2.49. The van der Waals surface area contributed by atoms with Gasteiger partial charge in [-0.05, 0) is 47.7 Å². The number of nitrogens with zero attached hydrogens (tertiary/aromatic N) is 4. The first kappa shape index (κ1) is 19.9. The first-order chi connectivity index (χ1) is 13.5. The molecule has 28 heavy (non-hydrogen) atoms. The van der Waals surface area contributed by atoms with Crippen LogP contribution in [0.25, 0.3) is 0 Å². The molecule has 0 saturated heterocycles. The predicted octanol–water partition coefficient (Wildman–Crippen LogP) is 0.334. The highest BCUT2D eigenvalue weighted by Gasteiger charge is 2.33. The molecule has 1 aliphatic carbocycles. The second kappa shape index (κ2) is 9.41. The van der Waals surface area contributed by atoms with Gasteiger partial charge >= 0.3 is 0 Å². The molecular weight excluding hydrogens is 360 g/mol. The number of hydrogen-bond acceptors (Lipinski definition) is 6. The lowest BCUT2D eigenvalue weighted by atomic mass is 9.83. The Morgan fingerprint density at radius 1 is 1.29 bits per heavy atom. The van der Waals surface area contributed by atoms with Crippen LogP contribution < -0.4 is 10.6 Å². The number of tetrazole rings is 1. The Hall–Kier alpha value is -2.81. The van der Waals surface area contributed by atoms with Crippen molar-refractivity contribution in [3.8, 4) is 0 Å². The number of carbonyl (C=O) groups is 2. The molecule has 3 rings (SSSR count). The number of aromatic nitrogens is 4. The van der Waals surface area contributed by atoms with E-state index in [9.17, 15) is 14.7 Å². The average molecular weight is 386 g/mol. The topological polar surface area (TPSA) is 122 Å². The Morgan fingerprint density at radius 3 is 2.82 bits per heavy atom. The quantitative estimate of drug-likeness (QED) is 0.631. The minimum absolute atomic E-state index is 0.0502. The lowest BCUT2D eigenvalue weighted by Gasteiger charge is -2.33. The van der Waals surface area contributed by atoms with Gasteiger partial charge in [-0.2, -0.15) is 0 Å². The summed E-state index contributed by atoms with van der Waals surface area (Å²) in [6.45, 7) is 2.87. The maximum Gasteiger partial charge on any atom is 0.223 e. The predicted molar refractivity (Wildman–Crippen MR) is 101 cm³/mol. The second-order valence-corrected chi connectivity index (χ2v) is 7.22. The summed E-state index contributed by atoms with van der Waals surface area (Å²) in [5.74, 6) is -0.457. The van der Waals surface area contributed by atoms with Crippen molar-refractivity contribution in [3.63, 3.8) is 0 Å². The van der Waals surface area contributed by atoms with Gasteiger partial charge in [0.15, 0.2) is 0 Å². The molecule has 2 aromatic rings. The van der Waals surface area contributed by atoms with Gasteiger partial charge in [0.2, 0.25) is 11.8 Å². The number of rotatable bonds is 7. The molecular formula is C19H26N6O3. The van der Waals surface area contributed by atoms with E-state index in [4.69, 9.17) is 0 Å². The summed E-state index contributed by atoms with van der Waals surface area (Å²) in [5, 5.41) is 26.9. The lowest BCUT2D eigenvalue weighted by Crippen LogP contribution is -2.49. The van der Waals surface area contributed by atoms with Crippen LogP contribution in [0, 0.1) is 12.8 Å². The summed E-state index contributed by atoms with van der Waals surface area (Å²) in [5.41, 5.74) is 2.22. The molecule has 0 unspecified atom stereocenters. The number of aliphatic hydroxyl groups is 1. The van der Waals surface area contributed by atoms with Crippen LogP contribution in [0.15, 0.2) is 30.6 Å². The highest BCUT2D eigenvalue weighted by molar-refractivity contribution is 5.79. The van der Waals surface area contributed by atoms with E-state index in [1.807, 2.05) is 31.2 Å². The molecule has 1 aromatic heterocycles. The Balaban J connectivity index is 1.41. The van der Waals surface area contributed by atoms with Crippen LogP contribution in [0.3, 0.4) is 0 Å². The fourth-order valence-corrected chi connectivity index (χ4v) is 3.47. The molecule has 0 bridgehead atoms. The largest absolute Gasteiger partial charge is 0.391 e. The molecule has 1 aliphatic rings. The number of nitrogens with one attached hydrogen (secondary N) is 2. The molecule has 1 saturated carbocycles. The zero-order chi connectivity index (χ0) is 19.9. The average Bonchev–Trinajstić information content (AvgIpc) is 3.21. The van der Waals surface area contributed by atoms with Gasteiger partial charge in [-0.15, -0.1) is 5.10 Å². The maximum absolute atomic E-state index is 12.5. The first-order valence-corrected chi connectivity index (χ1v) is 9.53. The Bertz CT molecular complexity index is 795. The van der Waals surface area contributed by atoms with Crippen molar-refractivity contribution in [2.24, 2.45) is 5.92 Å². The van der Waals surface area contributed by atoms with E-state index in [0.29, 0.717) is 32.4 Å². The molecule has 0 spiro atoms. The van der Waals surface area contributed by atoms with Crippen LogP contribution in [0.2, 0.25) is 0 Å². The van der Waals surface area contributed by atoms with Crippen molar-refractivity contribution in [1.82, 2.24) is 30.8 Å². The number of amides is 2. The van der Waals surface area contributed by atoms with Gasteiger partial charge < -0.3 is 15.7 Å². The van der Waals surface area contributed by atoms with Crippen LogP contribution in [-0.2, 0) is 22.7 Å². The molecule has 0 aliphatic heterocycles. The van der Waals surface area contributed by atoms with Gasteiger partial charge in [-0.1, -0.05) is 24.3 Å². The molecule has 0 radical (unpaired) electrons. The zero-order valence-corrected chi connectivity index (χ0v) is 15.9. The SMILES string of the molecule is Cc1ccccc1CNC(=O)[C@H]1CC[C@H](NC(=O)CCn2cnnn2)[C@@H](O)C1. The highest BCUT2D eigenvalue weighted by Crippen LogP contribution is 2.25. The Kier molecular flexibility index (Phi) is 6.70. The Morgan fingerprint density at radius 2 is 2.11 bits per heavy atom.